The number of hydrogen-bond acceptors (Lipinski definition) is 5. The highest BCUT2D eigenvalue weighted by Gasteiger charge is 2.51. The molecule has 0 bridgehead atoms. The van der Waals surface area contributed by atoms with Crippen LogP contribution in [0.25, 0.3) is 0 Å². The van der Waals surface area contributed by atoms with Gasteiger partial charge in [-0.05, 0) is 24.5 Å². The highest BCUT2D eigenvalue weighted by atomic mass is 16.6. The topological polar surface area (TPSA) is 110 Å². The van der Waals surface area contributed by atoms with E-state index < -0.39 is 34.9 Å². The lowest BCUT2D eigenvalue weighted by Gasteiger charge is -2.41. The number of rotatable bonds is 4. The van der Waals surface area contributed by atoms with Gasteiger partial charge >= 0.3 is 12.1 Å². The van der Waals surface area contributed by atoms with Gasteiger partial charge in [0.1, 0.15) is 12.6 Å². The number of hydrogen-bond donors (Lipinski definition) is 1. The monoisotopic (exact) mass is 408 g/mol. The van der Waals surface area contributed by atoms with Gasteiger partial charge in [0.05, 0.1) is 16.2 Å². The van der Waals surface area contributed by atoms with Crippen molar-refractivity contribution >= 4 is 23.4 Å². The second kappa shape index (κ2) is 7.62. The van der Waals surface area contributed by atoms with Crippen LogP contribution in [0.4, 0.5) is 16.2 Å². The number of carboxylic acids is 1. The van der Waals surface area contributed by atoms with E-state index in [-0.39, 0.29) is 18.0 Å². The van der Waals surface area contributed by atoms with Gasteiger partial charge in [-0.1, -0.05) is 48.6 Å². The average molecular weight is 408 g/mol. The predicted octanol–water partition coefficient (Wildman–Crippen LogP) is 4.17. The molecular formula is C22H20N2O6. The van der Waals surface area contributed by atoms with Crippen LogP contribution in [0.5, 0.6) is 0 Å². The Morgan fingerprint density at radius 2 is 1.97 bits per heavy atom. The molecule has 4 rings (SSSR count). The van der Waals surface area contributed by atoms with Gasteiger partial charge in [-0.15, -0.1) is 0 Å². The van der Waals surface area contributed by atoms with Crippen LogP contribution >= 0.6 is 0 Å². The van der Waals surface area contributed by atoms with Crippen LogP contribution in [0, 0.1) is 23.0 Å². The molecule has 2 aromatic rings. The summed E-state index contributed by atoms with van der Waals surface area (Å²) in [5.74, 6) is -2.11. The number of carbonyl (C=O) groups excluding carboxylic acids is 1. The van der Waals surface area contributed by atoms with Crippen molar-refractivity contribution in [1.29, 1.82) is 0 Å². The van der Waals surface area contributed by atoms with E-state index in [1.165, 1.54) is 12.1 Å². The van der Waals surface area contributed by atoms with E-state index in [9.17, 15) is 24.8 Å². The molecule has 30 heavy (non-hydrogen) atoms. The van der Waals surface area contributed by atoms with Gasteiger partial charge in [0.2, 0.25) is 0 Å². The molecule has 8 heteroatoms. The minimum atomic E-state index is -1.18. The third kappa shape index (κ3) is 3.20. The molecule has 2 aromatic carbocycles. The number of anilines is 1. The molecule has 0 radical (unpaired) electrons. The average Bonchev–Trinajstić information content (AvgIpc) is 3.21. The molecule has 1 heterocycles. The zero-order valence-electron chi connectivity index (χ0n) is 16.2. The molecule has 0 spiro atoms. The Bertz CT molecular complexity index is 1050. The Kier molecular flexibility index (Phi) is 4.99. The summed E-state index contributed by atoms with van der Waals surface area (Å²) in [6, 6.07) is 10.8. The Hall–Kier alpha value is -3.68. The zero-order chi connectivity index (χ0) is 21.4. The lowest BCUT2D eigenvalue weighted by Crippen LogP contribution is -2.54. The maximum Gasteiger partial charge on any atom is 0.415 e. The molecular weight excluding hydrogens is 388 g/mol. The zero-order valence-corrected chi connectivity index (χ0v) is 16.2. The highest BCUT2D eigenvalue weighted by Crippen LogP contribution is 2.52. The first-order valence-corrected chi connectivity index (χ1v) is 9.57. The Balaban J connectivity index is 1.81. The van der Waals surface area contributed by atoms with Crippen LogP contribution in [-0.2, 0) is 16.1 Å². The number of ether oxygens (including phenoxy) is 1. The summed E-state index contributed by atoms with van der Waals surface area (Å²) in [5, 5.41) is 21.7. The minimum Gasteiger partial charge on any atom is -0.480 e. The second-order valence-electron chi connectivity index (χ2n) is 7.47. The van der Waals surface area contributed by atoms with Crippen molar-refractivity contribution in [2.75, 3.05) is 4.90 Å². The highest BCUT2D eigenvalue weighted by molar-refractivity contribution is 5.99. The molecule has 0 saturated heterocycles. The molecule has 0 aromatic heterocycles. The van der Waals surface area contributed by atoms with E-state index in [0.717, 1.165) is 10.5 Å². The number of nitro groups is 1. The minimum absolute atomic E-state index is 0.0296. The van der Waals surface area contributed by atoms with Crippen molar-refractivity contribution in [2.45, 2.75) is 31.9 Å². The van der Waals surface area contributed by atoms with Crippen LogP contribution in [0.15, 0.2) is 54.6 Å². The molecule has 1 aliphatic heterocycles. The Labute approximate surface area is 172 Å². The predicted molar refractivity (Wildman–Crippen MR) is 108 cm³/mol. The van der Waals surface area contributed by atoms with Gasteiger partial charge in [0.15, 0.2) is 0 Å². The van der Waals surface area contributed by atoms with E-state index >= 15 is 0 Å². The molecule has 154 valence electrons. The molecule has 1 aliphatic carbocycles. The van der Waals surface area contributed by atoms with Crippen molar-refractivity contribution in [3.63, 3.8) is 0 Å². The van der Waals surface area contributed by atoms with Crippen LogP contribution < -0.4 is 4.90 Å². The maximum atomic E-state index is 13.1. The number of carbonyl (C=O) groups is 2. The second-order valence-corrected chi connectivity index (χ2v) is 7.47. The van der Waals surface area contributed by atoms with Crippen LogP contribution in [-0.4, -0.2) is 28.1 Å². The molecule has 0 unspecified atom stereocenters. The fourth-order valence-corrected chi connectivity index (χ4v) is 4.44. The lowest BCUT2D eigenvalue weighted by atomic mass is 9.76. The van der Waals surface area contributed by atoms with Gasteiger partial charge in [-0.25, -0.2) is 9.59 Å². The summed E-state index contributed by atoms with van der Waals surface area (Å²) in [4.78, 5) is 37.6. The first kappa shape index (κ1) is 19.6. The van der Waals surface area contributed by atoms with E-state index in [1.807, 2.05) is 24.3 Å². The normalized spacial score (nSPS) is 21.6. The first-order valence-electron chi connectivity index (χ1n) is 9.57. The maximum absolute atomic E-state index is 13.1. The number of nitrogens with zero attached hydrogens (tertiary/aromatic N) is 2. The quantitative estimate of drug-likeness (QED) is 0.462. The largest absolute Gasteiger partial charge is 0.480 e. The van der Waals surface area contributed by atoms with E-state index in [4.69, 9.17) is 4.74 Å². The molecule has 1 N–H and O–H groups in total. The Morgan fingerprint density at radius 3 is 2.63 bits per heavy atom. The number of fused-ring (bicyclic) bond motifs is 3. The van der Waals surface area contributed by atoms with E-state index in [0.29, 0.717) is 17.5 Å². The number of amides is 1. The van der Waals surface area contributed by atoms with Gasteiger partial charge in [-0.3, -0.25) is 15.0 Å². The number of nitro benzene ring substituents is 1. The van der Waals surface area contributed by atoms with Crippen molar-refractivity contribution in [3.8, 4) is 0 Å². The van der Waals surface area contributed by atoms with E-state index in [2.05, 4.69) is 0 Å². The molecule has 0 saturated carbocycles. The van der Waals surface area contributed by atoms with Crippen LogP contribution in [0.2, 0.25) is 0 Å². The van der Waals surface area contributed by atoms with Crippen LogP contribution in [0.1, 0.15) is 29.0 Å². The number of allylic oxidation sites excluding steroid dienone is 2. The van der Waals surface area contributed by atoms with Crippen molar-refractivity contribution < 1.29 is 24.4 Å². The van der Waals surface area contributed by atoms with Gasteiger partial charge < -0.3 is 9.84 Å². The van der Waals surface area contributed by atoms with Crippen molar-refractivity contribution in [2.24, 2.45) is 5.92 Å². The molecule has 8 nitrogen and oxygen atoms in total. The van der Waals surface area contributed by atoms with Gasteiger partial charge in [-0.2, -0.15) is 0 Å². The molecule has 3 atom stereocenters. The van der Waals surface area contributed by atoms with E-state index in [1.54, 1.807) is 25.1 Å². The first-order chi connectivity index (χ1) is 14.4. The number of benzene rings is 2. The summed E-state index contributed by atoms with van der Waals surface area (Å²) >= 11 is 0. The number of aryl methyl sites for hydroxylation is 1. The smallest absolute Gasteiger partial charge is 0.415 e. The summed E-state index contributed by atoms with van der Waals surface area (Å²) in [7, 11) is 0. The Morgan fingerprint density at radius 1 is 1.23 bits per heavy atom. The summed E-state index contributed by atoms with van der Waals surface area (Å²) in [6.07, 6.45) is 3.20. The summed E-state index contributed by atoms with van der Waals surface area (Å²) in [6.45, 7) is 1.68. The fraction of sp³-hybridized carbons (Fsp3) is 0.273. The van der Waals surface area contributed by atoms with Crippen LogP contribution in [0.3, 0.4) is 0 Å². The fourth-order valence-electron chi connectivity index (χ4n) is 4.44. The van der Waals surface area contributed by atoms with Gasteiger partial charge in [0.25, 0.3) is 5.69 Å². The summed E-state index contributed by atoms with van der Waals surface area (Å²) < 4.78 is 5.44. The number of carboxylic acid groups (broad SMARTS) is 1. The molecule has 0 fully saturated rings. The third-order valence-corrected chi connectivity index (χ3v) is 5.72. The molecule has 1 amide bonds. The SMILES string of the molecule is Cc1ccc([N+](=O)[O-])c2c1N(C(=O)OCc1ccccc1)[C@@H](C(=O)O)[C@H]1CC=C[C@@H]21. The van der Waals surface area contributed by atoms with Crippen molar-refractivity contribution in [1.82, 2.24) is 0 Å². The van der Waals surface area contributed by atoms with Gasteiger partial charge in [0, 0.05) is 17.9 Å². The summed E-state index contributed by atoms with van der Waals surface area (Å²) in [5.41, 5.74) is 1.83. The standard InChI is InChI=1S/C22H20N2O6/c1-13-10-11-17(24(28)29)18-15-8-5-9-16(15)20(21(25)26)23(19(13)18)22(27)30-12-14-6-3-2-4-7-14/h2-8,10-11,15-16,20H,9,12H2,1H3,(H,25,26)/t15-,16+,20-/m1/s1. The number of aliphatic carboxylic acids is 1. The lowest BCUT2D eigenvalue weighted by molar-refractivity contribution is -0.385. The molecule has 2 aliphatic rings. The third-order valence-electron chi connectivity index (χ3n) is 5.72. The van der Waals surface area contributed by atoms with Crippen molar-refractivity contribution in [3.05, 3.63) is 81.4 Å².